The highest BCUT2D eigenvalue weighted by atomic mass is 127. The molecule has 1 aromatic heterocycles. The Labute approximate surface area is 117 Å². The van der Waals surface area contributed by atoms with Gasteiger partial charge in [0.25, 0.3) is 5.56 Å². The molecule has 0 radical (unpaired) electrons. The number of aromatic amines is 1. The predicted octanol–water partition coefficient (Wildman–Crippen LogP) is 2.86. The van der Waals surface area contributed by atoms with Gasteiger partial charge in [0.1, 0.15) is 3.57 Å². The Morgan fingerprint density at radius 2 is 2.18 bits per heavy atom. The molecule has 88 valence electrons. The Morgan fingerprint density at radius 3 is 2.94 bits per heavy atom. The standard InChI is InChI=1S/C11H9ClIN3O/c12-5-7-3-1-2-4-8(7)16-10-9(13)11(17)15-6-14-10/h1-4,6H,5H2,(H2,14,15,16,17). The number of nitrogens with zero attached hydrogens (tertiary/aromatic N) is 1. The van der Waals surface area contributed by atoms with Gasteiger partial charge in [-0.3, -0.25) is 4.79 Å². The topological polar surface area (TPSA) is 57.8 Å². The third-order valence-electron chi connectivity index (χ3n) is 2.21. The molecule has 0 aliphatic carbocycles. The first-order valence-electron chi connectivity index (χ1n) is 4.86. The highest BCUT2D eigenvalue weighted by molar-refractivity contribution is 14.1. The highest BCUT2D eigenvalue weighted by Gasteiger charge is 2.07. The summed E-state index contributed by atoms with van der Waals surface area (Å²) in [6.07, 6.45) is 1.37. The minimum absolute atomic E-state index is 0.161. The van der Waals surface area contributed by atoms with Gasteiger partial charge < -0.3 is 10.3 Å². The van der Waals surface area contributed by atoms with Crippen LogP contribution in [0.1, 0.15) is 5.56 Å². The lowest BCUT2D eigenvalue weighted by molar-refractivity contribution is 1.10. The van der Waals surface area contributed by atoms with E-state index >= 15 is 0 Å². The van der Waals surface area contributed by atoms with E-state index in [0.717, 1.165) is 11.3 Å². The Bertz CT molecular complexity index is 585. The molecular formula is C11H9ClIN3O. The first-order chi connectivity index (χ1) is 8.22. The van der Waals surface area contributed by atoms with Crippen LogP contribution < -0.4 is 10.9 Å². The summed E-state index contributed by atoms with van der Waals surface area (Å²) in [6.45, 7) is 0. The molecule has 2 aromatic rings. The molecule has 0 spiro atoms. The van der Waals surface area contributed by atoms with Crippen LogP contribution in [0.25, 0.3) is 0 Å². The third-order valence-corrected chi connectivity index (χ3v) is 3.50. The van der Waals surface area contributed by atoms with Gasteiger partial charge in [-0.05, 0) is 34.2 Å². The van der Waals surface area contributed by atoms with Crippen molar-refractivity contribution in [3.05, 3.63) is 50.1 Å². The maximum atomic E-state index is 11.4. The number of aromatic nitrogens is 2. The average Bonchev–Trinajstić information content (AvgIpc) is 2.35. The van der Waals surface area contributed by atoms with Gasteiger partial charge in [-0.1, -0.05) is 18.2 Å². The summed E-state index contributed by atoms with van der Waals surface area (Å²) < 4.78 is 0.523. The van der Waals surface area contributed by atoms with Crippen LogP contribution in [0.15, 0.2) is 35.4 Å². The first-order valence-corrected chi connectivity index (χ1v) is 6.48. The molecular weight excluding hydrogens is 352 g/mol. The van der Waals surface area contributed by atoms with Gasteiger partial charge in [-0.2, -0.15) is 0 Å². The Hall–Kier alpha value is -1.08. The molecule has 1 aromatic carbocycles. The van der Waals surface area contributed by atoms with Crippen molar-refractivity contribution in [2.45, 2.75) is 5.88 Å². The number of H-pyrrole nitrogens is 1. The van der Waals surface area contributed by atoms with E-state index in [4.69, 9.17) is 11.6 Å². The second kappa shape index (κ2) is 5.50. The van der Waals surface area contributed by atoms with Gasteiger partial charge >= 0.3 is 0 Å². The van der Waals surface area contributed by atoms with E-state index in [9.17, 15) is 4.79 Å². The van der Waals surface area contributed by atoms with Gasteiger partial charge in [-0.25, -0.2) is 4.98 Å². The van der Waals surface area contributed by atoms with E-state index in [-0.39, 0.29) is 5.56 Å². The van der Waals surface area contributed by atoms with Crippen molar-refractivity contribution in [3.63, 3.8) is 0 Å². The van der Waals surface area contributed by atoms with Gasteiger partial charge in [-0.15, -0.1) is 11.6 Å². The van der Waals surface area contributed by atoms with Crippen molar-refractivity contribution in [3.8, 4) is 0 Å². The summed E-state index contributed by atoms with van der Waals surface area (Å²) in [7, 11) is 0. The van der Waals surface area contributed by atoms with Gasteiger partial charge in [0.15, 0.2) is 5.82 Å². The summed E-state index contributed by atoms with van der Waals surface area (Å²) in [6, 6.07) is 7.64. The molecule has 1 heterocycles. The number of hydrogen-bond acceptors (Lipinski definition) is 3. The molecule has 0 amide bonds. The van der Waals surface area contributed by atoms with E-state index in [1.165, 1.54) is 6.33 Å². The highest BCUT2D eigenvalue weighted by Crippen LogP contribution is 2.22. The number of nitrogens with one attached hydrogen (secondary N) is 2. The van der Waals surface area contributed by atoms with E-state index in [0.29, 0.717) is 15.3 Å². The maximum absolute atomic E-state index is 11.4. The molecule has 0 atom stereocenters. The number of hydrogen-bond donors (Lipinski definition) is 2. The minimum Gasteiger partial charge on any atom is -0.339 e. The van der Waals surface area contributed by atoms with Gasteiger partial charge in [0, 0.05) is 11.6 Å². The normalized spacial score (nSPS) is 10.2. The lowest BCUT2D eigenvalue weighted by Gasteiger charge is -2.09. The van der Waals surface area contributed by atoms with Crippen LogP contribution in [0.3, 0.4) is 0 Å². The lowest BCUT2D eigenvalue weighted by Crippen LogP contribution is -2.13. The summed E-state index contributed by atoms with van der Waals surface area (Å²) in [5, 5.41) is 3.11. The molecule has 0 unspecified atom stereocenters. The van der Waals surface area contributed by atoms with Crippen LogP contribution >= 0.6 is 34.2 Å². The fourth-order valence-corrected chi connectivity index (χ4v) is 2.02. The Morgan fingerprint density at radius 1 is 1.41 bits per heavy atom. The molecule has 2 rings (SSSR count). The van der Waals surface area contributed by atoms with Crippen LogP contribution in [0.4, 0.5) is 11.5 Å². The van der Waals surface area contributed by atoms with Gasteiger partial charge in [0.2, 0.25) is 0 Å². The molecule has 0 bridgehead atoms. The smallest absolute Gasteiger partial charge is 0.266 e. The monoisotopic (exact) mass is 361 g/mol. The number of alkyl halides is 1. The average molecular weight is 362 g/mol. The fourth-order valence-electron chi connectivity index (χ4n) is 1.36. The molecule has 17 heavy (non-hydrogen) atoms. The summed E-state index contributed by atoms with van der Waals surface area (Å²) in [5.74, 6) is 0.940. The molecule has 0 aliphatic rings. The molecule has 0 fully saturated rings. The SMILES string of the molecule is O=c1[nH]cnc(Nc2ccccc2CCl)c1I. The zero-order valence-electron chi connectivity index (χ0n) is 8.71. The van der Waals surface area contributed by atoms with Crippen molar-refractivity contribution in [1.82, 2.24) is 9.97 Å². The Kier molecular flexibility index (Phi) is 4.01. The van der Waals surface area contributed by atoms with Crippen LogP contribution in [-0.4, -0.2) is 9.97 Å². The summed E-state index contributed by atoms with van der Waals surface area (Å²) in [5.41, 5.74) is 1.66. The second-order valence-corrected chi connectivity index (χ2v) is 4.66. The zero-order valence-corrected chi connectivity index (χ0v) is 11.6. The van der Waals surface area contributed by atoms with Crippen LogP contribution in [0.2, 0.25) is 0 Å². The molecule has 4 nitrogen and oxygen atoms in total. The second-order valence-electron chi connectivity index (χ2n) is 3.31. The van der Waals surface area contributed by atoms with Gasteiger partial charge in [0.05, 0.1) is 6.33 Å². The van der Waals surface area contributed by atoms with E-state index in [2.05, 4.69) is 15.3 Å². The largest absolute Gasteiger partial charge is 0.339 e. The molecule has 2 N–H and O–H groups in total. The molecule has 0 aliphatic heterocycles. The van der Waals surface area contributed by atoms with Crippen molar-refractivity contribution < 1.29 is 0 Å². The molecule has 6 heteroatoms. The van der Waals surface area contributed by atoms with Crippen molar-refractivity contribution in [2.24, 2.45) is 0 Å². The number of benzene rings is 1. The summed E-state index contributed by atoms with van der Waals surface area (Å²) >= 11 is 7.79. The number of para-hydroxylation sites is 1. The molecule has 0 saturated heterocycles. The van der Waals surface area contributed by atoms with Crippen molar-refractivity contribution >= 4 is 45.7 Å². The fraction of sp³-hybridized carbons (Fsp3) is 0.0909. The lowest BCUT2D eigenvalue weighted by atomic mass is 10.2. The van der Waals surface area contributed by atoms with E-state index < -0.39 is 0 Å². The van der Waals surface area contributed by atoms with Crippen LogP contribution in [-0.2, 0) is 5.88 Å². The van der Waals surface area contributed by atoms with Crippen LogP contribution in [0.5, 0.6) is 0 Å². The number of halogens is 2. The zero-order chi connectivity index (χ0) is 12.3. The Balaban J connectivity index is 2.38. The number of anilines is 2. The van der Waals surface area contributed by atoms with Crippen molar-refractivity contribution in [2.75, 3.05) is 5.32 Å². The minimum atomic E-state index is -0.161. The first kappa shape index (κ1) is 12.4. The van der Waals surface area contributed by atoms with E-state index in [1.54, 1.807) is 0 Å². The molecule has 0 saturated carbocycles. The maximum Gasteiger partial charge on any atom is 0.266 e. The number of rotatable bonds is 3. The third kappa shape index (κ3) is 2.78. The van der Waals surface area contributed by atoms with Crippen molar-refractivity contribution in [1.29, 1.82) is 0 Å². The predicted molar refractivity (Wildman–Crippen MR) is 76.9 cm³/mol. The quantitative estimate of drug-likeness (QED) is 0.653. The van der Waals surface area contributed by atoms with Crippen LogP contribution in [0, 0.1) is 3.57 Å². The van der Waals surface area contributed by atoms with E-state index in [1.807, 2.05) is 46.9 Å². The summed E-state index contributed by atoms with van der Waals surface area (Å²) in [4.78, 5) is 18.0.